The first kappa shape index (κ1) is 8.75. The van der Waals surface area contributed by atoms with E-state index in [0.717, 1.165) is 12.8 Å². The summed E-state index contributed by atoms with van der Waals surface area (Å²) < 4.78 is 11.0. The molecule has 0 aromatic rings. The van der Waals surface area contributed by atoms with Crippen LogP contribution >= 0.6 is 0 Å². The van der Waals surface area contributed by atoms with E-state index in [0.29, 0.717) is 0 Å². The monoisotopic (exact) mass is 156 g/mol. The molecule has 0 amide bonds. The first-order chi connectivity index (χ1) is 5.24. The van der Waals surface area contributed by atoms with Gasteiger partial charge in [0.15, 0.2) is 6.29 Å². The fourth-order valence-electron chi connectivity index (χ4n) is 1.12. The Morgan fingerprint density at radius 2 is 1.82 bits per heavy atom. The first-order valence-electron chi connectivity index (χ1n) is 4.16. The topological polar surface area (TPSA) is 18.5 Å². The van der Waals surface area contributed by atoms with Gasteiger partial charge in [-0.15, -0.1) is 6.58 Å². The van der Waals surface area contributed by atoms with Crippen LogP contribution in [-0.4, -0.2) is 18.5 Å². The normalized spacial score (nSPS) is 37.5. The van der Waals surface area contributed by atoms with Crippen molar-refractivity contribution in [1.82, 2.24) is 0 Å². The lowest BCUT2D eigenvalue weighted by atomic mass is 10.3. The Balaban J connectivity index is 2.23. The lowest BCUT2D eigenvalue weighted by Gasteiger charge is -2.06. The Morgan fingerprint density at radius 3 is 2.27 bits per heavy atom. The standard InChI is InChI=1S/C9H16O2/c1-4-5-6-9-10-7(2)8(3)11-9/h4,7-9H,1,5-6H2,2-3H3. The van der Waals surface area contributed by atoms with E-state index in [-0.39, 0.29) is 18.5 Å². The van der Waals surface area contributed by atoms with E-state index < -0.39 is 0 Å². The number of hydrogen-bond acceptors (Lipinski definition) is 2. The summed E-state index contributed by atoms with van der Waals surface area (Å²) in [4.78, 5) is 0. The van der Waals surface area contributed by atoms with E-state index in [1.807, 2.05) is 19.9 Å². The fraction of sp³-hybridized carbons (Fsp3) is 0.778. The second-order valence-electron chi connectivity index (χ2n) is 2.98. The largest absolute Gasteiger partial charge is 0.347 e. The van der Waals surface area contributed by atoms with Crippen molar-refractivity contribution in [3.8, 4) is 0 Å². The smallest absolute Gasteiger partial charge is 0.158 e. The molecule has 1 fully saturated rings. The van der Waals surface area contributed by atoms with Gasteiger partial charge >= 0.3 is 0 Å². The molecule has 11 heavy (non-hydrogen) atoms. The quantitative estimate of drug-likeness (QED) is 0.582. The average molecular weight is 156 g/mol. The molecule has 1 saturated heterocycles. The van der Waals surface area contributed by atoms with Crippen molar-refractivity contribution >= 4 is 0 Å². The molecule has 2 nitrogen and oxygen atoms in total. The average Bonchev–Trinajstić information content (AvgIpc) is 2.28. The molecule has 2 unspecified atom stereocenters. The second kappa shape index (κ2) is 3.88. The van der Waals surface area contributed by atoms with Crippen molar-refractivity contribution in [3.05, 3.63) is 12.7 Å². The molecule has 1 aliphatic heterocycles. The highest BCUT2D eigenvalue weighted by molar-refractivity contribution is 4.73. The van der Waals surface area contributed by atoms with E-state index in [1.54, 1.807) is 0 Å². The van der Waals surface area contributed by atoms with E-state index in [9.17, 15) is 0 Å². The molecular formula is C9H16O2. The Bertz CT molecular complexity index is 124. The van der Waals surface area contributed by atoms with Gasteiger partial charge in [-0.1, -0.05) is 6.08 Å². The van der Waals surface area contributed by atoms with Gasteiger partial charge in [0.25, 0.3) is 0 Å². The lowest BCUT2D eigenvalue weighted by molar-refractivity contribution is -0.0660. The Hall–Kier alpha value is -0.340. The third-order valence-electron chi connectivity index (χ3n) is 2.00. The highest BCUT2D eigenvalue weighted by Crippen LogP contribution is 2.21. The summed E-state index contributed by atoms with van der Waals surface area (Å²) in [5.41, 5.74) is 0. The Morgan fingerprint density at radius 1 is 1.27 bits per heavy atom. The van der Waals surface area contributed by atoms with Gasteiger partial charge in [0.2, 0.25) is 0 Å². The minimum atomic E-state index is -0.00185. The summed E-state index contributed by atoms with van der Waals surface area (Å²) in [6.45, 7) is 7.73. The van der Waals surface area contributed by atoms with Gasteiger partial charge in [0.05, 0.1) is 12.2 Å². The zero-order valence-electron chi connectivity index (χ0n) is 7.25. The number of allylic oxidation sites excluding steroid dienone is 1. The Kier molecular flexibility index (Phi) is 3.09. The van der Waals surface area contributed by atoms with Crippen LogP contribution in [0.5, 0.6) is 0 Å². The molecule has 2 heteroatoms. The molecular weight excluding hydrogens is 140 g/mol. The van der Waals surface area contributed by atoms with Gasteiger partial charge in [-0.05, 0) is 20.3 Å². The van der Waals surface area contributed by atoms with Crippen molar-refractivity contribution in [1.29, 1.82) is 0 Å². The van der Waals surface area contributed by atoms with E-state index in [1.165, 1.54) is 0 Å². The van der Waals surface area contributed by atoms with E-state index in [4.69, 9.17) is 9.47 Å². The highest BCUT2D eigenvalue weighted by atomic mass is 16.7. The minimum absolute atomic E-state index is 0.00185. The van der Waals surface area contributed by atoms with Crippen molar-refractivity contribution < 1.29 is 9.47 Å². The molecule has 0 aromatic heterocycles. The van der Waals surface area contributed by atoms with Crippen LogP contribution in [0.4, 0.5) is 0 Å². The summed E-state index contributed by atoms with van der Waals surface area (Å²) in [7, 11) is 0. The van der Waals surface area contributed by atoms with Crippen LogP contribution in [0.15, 0.2) is 12.7 Å². The maximum atomic E-state index is 5.51. The highest BCUT2D eigenvalue weighted by Gasteiger charge is 2.28. The SMILES string of the molecule is C=CCCC1OC(C)C(C)O1. The maximum Gasteiger partial charge on any atom is 0.158 e. The molecule has 0 aromatic carbocycles. The lowest BCUT2D eigenvalue weighted by Crippen LogP contribution is -2.13. The summed E-state index contributed by atoms with van der Waals surface area (Å²) in [5, 5.41) is 0. The molecule has 2 atom stereocenters. The van der Waals surface area contributed by atoms with Crippen LogP contribution in [0, 0.1) is 0 Å². The van der Waals surface area contributed by atoms with Crippen LogP contribution in [0.2, 0.25) is 0 Å². The summed E-state index contributed by atoms with van der Waals surface area (Å²) in [6.07, 6.45) is 4.26. The van der Waals surface area contributed by atoms with Gasteiger partial charge in [0, 0.05) is 6.42 Å². The first-order valence-corrected chi connectivity index (χ1v) is 4.16. The van der Waals surface area contributed by atoms with Crippen LogP contribution in [-0.2, 0) is 9.47 Å². The predicted octanol–water partition coefficient (Wildman–Crippen LogP) is 2.10. The van der Waals surface area contributed by atoms with Crippen LogP contribution in [0.1, 0.15) is 26.7 Å². The predicted molar refractivity (Wildman–Crippen MR) is 44.3 cm³/mol. The van der Waals surface area contributed by atoms with Crippen LogP contribution in [0.3, 0.4) is 0 Å². The third kappa shape index (κ3) is 2.31. The fourth-order valence-corrected chi connectivity index (χ4v) is 1.12. The second-order valence-corrected chi connectivity index (χ2v) is 2.98. The third-order valence-corrected chi connectivity index (χ3v) is 2.00. The zero-order chi connectivity index (χ0) is 8.27. The molecule has 0 aliphatic carbocycles. The molecule has 1 aliphatic rings. The molecule has 0 bridgehead atoms. The van der Waals surface area contributed by atoms with Crippen molar-refractivity contribution in [2.24, 2.45) is 0 Å². The number of rotatable bonds is 3. The van der Waals surface area contributed by atoms with Gasteiger partial charge in [-0.3, -0.25) is 0 Å². The van der Waals surface area contributed by atoms with Crippen molar-refractivity contribution in [3.63, 3.8) is 0 Å². The minimum Gasteiger partial charge on any atom is -0.347 e. The van der Waals surface area contributed by atoms with Gasteiger partial charge in [0.1, 0.15) is 0 Å². The summed E-state index contributed by atoms with van der Waals surface area (Å²) in [5.74, 6) is 0. The molecule has 0 spiro atoms. The summed E-state index contributed by atoms with van der Waals surface area (Å²) in [6, 6.07) is 0. The molecule has 1 rings (SSSR count). The van der Waals surface area contributed by atoms with Crippen molar-refractivity contribution in [2.75, 3.05) is 0 Å². The van der Waals surface area contributed by atoms with Gasteiger partial charge in [-0.25, -0.2) is 0 Å². The zero-order valence-corrected chi connectivity index (χ0v) is 7.25. The molecule has 0 N–H and O–H groups in total. The van der Waals surface area contributed by atoms with E-state index >= 15 is 0 Å². The van der Waals surface area contributed by atoms with E-state index in [2.05, 4.69) is 6.58 Å². The van der Waals surface area contributed by atoms with Crippen LogP contribution < -0.4 is 0 Å². The molecule has 0 radical (unpaired) electrons. The molecule has 64 valence electrons. The van der Waals surface area contributed by atoms with Gasteiger partial charge < -0.3 is 9.47 Å². The van der Waals surface area contributed by atoms with Crippen molar-refractivity contribution in [2.45, 2.75) is 45.2 Å². The number of ether oxygens (including phenoxy) is 2. The number of hydrogen-bond donors (Lipinski definition) is 0. The Labute approximate surface area is 68.2 Å². The van der Waals surface area contributed by atoms with Gasteiger partial charge in [-0.2, -0.15) is 0 Å². The molecule has 1 heterocycles. The summed E-state index contributed by atoms with van der Waals surface area (Å²) >= 11 is 0. The molecule has 0 saturated carbocycles. The maximum absolute atomic E-state index is 5.51. The van der Waals surface area contributed by atoms with Crippen LogP contribution in [0.25, 0.3) is 0 Å².